The van der Waals surface area contributed by atoms with Crippen LogP contribution >= 0.6 is 0 Å². The highest BCUT2D eigenvalue weighted by Gasteiger charge is 2.25. The van der Waals surface area contributed by atoms with Crippen LogP contribution in [-0.4, -0.2) is 25.0 Å². The number of hydrogen-bond acceptors (Lipinski definition) is 4. The molecule has 0 saturated carbocycles. The van der Waals surface area contributed by atoms with Crippen LogP contribution in [0.1, 0.15) is 42.0 Å². The molecule has 4 aromatic rings. The summed E-state index contributed by atoms with van der Waals surface area (Å²) in [5.41, 5.74) is 4.81. The molecule has 4 rings (SSSR count). The van der Waals surface area contributed by atoms with E-state index in [0.717, 1.165) is 27.6 Å². The molecule has 0 aliphatic carbocycles. The minimum absolute atomic E-state index is 0.224. The van der Waals surface area contributed by atoms with Gasteiger partial charge in [-0.25, -0.2) is 17.2 Å². The van der Waals surface area contributed by atoms with E-state index in [2.05, 4.69) is 0 Å². The van der Waals surface area contributed by atoms with Gasteiger partial charge in [-0.2, -0.15) is 0 Å². The summed E-state index contributed by atoms with van der Waals surface area (Å²) < 4.78 is 34.0. The lowest BCUT2D eigenvalue weighted by molar-refractivity contribution is -0.138. The van der Waals surface area contributed by atoms with Crippen LogP contribution in [0.15, 0.2) is 95.5 Å². The first-order chi connectivity index (χ1) is 16.7. The molecule has 0 fully saturated rings. The largest absolute Gasteiger partial charge is 0.463 e. The topological polar surface area (TPSA) is 65.4 Å². The Morgan fingerprint density at radius 2 is 1.63 bits per heavy atom. The third kappa shape index (κ3) is 4.93. The van der Waals surface area contributed by atoms with E-state index in [1.54, 1.807) is 44.3 Å². The molecule has 180 valence electrons. The number of esters is 1. The number of fused-ring (bicyclic) bond motifs is 1. The first-order valence-electron chi connectivity index (χ1n) is 11.6. The molecule has 0 radical (unpaired) electrons. The van der Waals surface area contributed by atoms with Crippen LogP contribution in [0, 0.1) is 13.8 Å². The average molecular weight is 488 g/mol. The van der Waals surface area contributed by atoms with Gasteiger partial charge < -0.3 is 4.74 Å². The van der Waals surface area contributed by atoms with Crippen LogP contribution in [0.25, 0.3) is 10.9 Å². The quantitative estimate of drug-likeness (QED) is 0.232. The van der Waals surface area contributed by atoms with Gasteiger partial charge in [0.05, 0.1) is 17.0 Å². The Kier molecular flexibility index (Phi) is 6.94. The standard InChI is InChI=1S/C29H29NO4S/c1-5-34-29(31)22(4)18-25(23-9-7-6-8-10-23)27-19-30(28-16-13-21(3)17-26(27)28)35(32,33)24-14-11-20(2)12-15-24/h6-19,25H,5H2,1-4H3/b22-18-. The van der Waals surface area contributed by atoms with Crippen molar-refractivity contribution in [3.8, 4) is 0 Å². The van der Waals surface area contributed by atoms with Gasteiger partial charge in [0.25, 0.3) is 10.0 Å². The number of nitrogens with zero attached hydrogens (tertiary/aromatic N) is 1. The summed E-state index contributed by atoms with van der Waals surface area (Å²) >= 11 is 0. The molecular weight excluding hydrogens is 458 g/mol. The Labute approximate surface area is 206 Å². The van der Waals surface area contributed by atoms with Crippen molar-refractivity contribution in [1.82, 2.24) is 3.97 Å². The maximum absolute atomic E-state index is 13.7. The van der Waals surface area contributed by atoms with Gasteiger partial charge in [-0.3, -0.25) is 0 Å². The maximum Gasteiger partial charge on any atom is 0.333 e. The van der Waals surface area contributed by atoms with Gasteiger partial charge >= 0.3 is 5.97 Å². The van der Waals surface area contributed by atoms with Crippen molar-refractivity contribution in [3.63, 3.8) is 0 Å². The summed E-state index contributed by atoms with van der Waals surface area (Å²) in [7, 11) is -3.84. The molecular formula is C29H29NO4S. The smallest absolute Gasteiger partial charge is 0.333 e. The predicted octanol–water partition coefficient (Wildman–Crippen LogP) is 6.14. The molecule has 1 unspecified atom stereocenters. The SMILES string of the molecule is CCOC(=O)/C(C)=C\C(c1ccccc1)c1cn(S(=O)(=O)c2ccc(C)cc2)c2ccc(C)cc12. The maximum atomic E-state index is 13.7. The summed E-state index contributed by atoms with van der Waals surface area (Å²) in [5, 5.41) is 0.822. The van der Waals surface area contributed by atoms with E-state index < -0.39 is 10.0 Å². The number of ether oxygens (including phenoxy) is 1. The molecule has 5 nitrogen and oxygen atoms in total. The van der Waals surface area contributed by atoms with E-state index in [-0.39, 0.29) is 23.4 Å². The summed E-state index contributed by atoms with van der Waals surface area (Å²) in [4.78, 5) is 12.7. The lowest BCUT2D eigenvalue weighted by atomic mass is 9.89. The summed E-state index contributed by atoms with van der Waals surface area (Å²) in [6.07, 6.45) is 3.54. The van der Waals surface area contributed by atoms with Gasteiger partial charge in [0.2, 0.25) is 0 Å². The predicted molar refractivity (Wildman–Crippen MR) is 139 cm³/mol. The van der Waals surface area contributed by atoms with E-state index in [4.69, 9.17) is 4.74 Å². The molecule has 0 aliphatic rings. The summed E-state index contributed by atoms with van der Waals surface area (Å²) in [6.45, 7) is 7.68. The van der Waals surface area contributed by atoms with Crippen LogP contribution in [0.4, 0.5) is 0 Å². The van der Waals surface area contributed by atoms with Gasteiger partial charge in [0.15, 0.2) is 0 Å². The lowest BCUT2D eigenvalue weighted by Gasteiger charge is -2.15. The Morgan fingerprint density at radius 1 is 0.971 bits per heavy atom. The minimum atomic E-state index is -3.84. The highest BCUT2D eigenvalue weighted by atomic mass is 32.2. The lowest BCUT2D eigenvalue weighted by Crippen LogP contribution is -2.12. The van der Waals surface area contributed by atoms with Crippen LogP contribution < -0.4 is 0 Å². The third-order valence-corrected chi connectivity index (χ3v) is 7.73. The fourth-order valence-electron chi connectivity index (χ4n) is 4.20. The van der Waals surface area contributed by atoms with Gasteiger partial charge in [-0.05, 0) is 63.1 Å². The number of carbonyl (C=O) groups excluding carboxylic acids is 1. The molecule has 1 atom stereocenters. The molecule has 0 saturated heterocycles. The zero-order valence-electron chi connectivity index (χ0n) is 20.4. The Balaban J connectivity index is 1.97. The first-order valence-corrected chi connectivity index (χ1v) is 13.0. The first kappa shape index (κ1) is 24.5. The van der Waals surface area contributed by atoms with Crippen molar-refractivity contribution in [1.29, 1.82) is 0 Å². The molecule has 0 amide bonds. The van der Waals surface area contributed by atoms with Gasteiger partial charge in [0.1, 0.15) is 0 Å². The fraction of sp³-hybridized carbons (Fsp3) is 0.207. The number of benzene rings is 3. The number of hydrogen-bond donors (Lipinski definition) is 0. The minimum Gasteiger partial charge on any atom is -0.463 e. The van der Waals surface area contributed by atoms with E-state index >= 15 is 0 Å². The van der Waals surface area contributed by atoms with Crippen molar-refractivity contribution in [3.05, 3.63) is 113 Å². The summed E-state index contributed by atoms with van der Waals surface area (Å²) in [5.74, 6) is -0.736. The average Bonchev–Trinajstić information content (AvgIpc) is 3.22. The zero-order chi connectivity index (χ0) is 25.2. The second-order valence-corrected chi connectivity index (χ2v) is 10.5. The molecule has 0 bridgehead atoms. The highest BCUT2D eigenvalue weighted by Crippen LogP contribution is 2.36. The number of allylic oxidation sites excluding steroid dienone is 1. The van der Waals surface area contributed by atoms with Crippen LogP contribution in [0.3, 0.4) is 0 Å². The summed E-state index contributed by atoms with van der Waals surface area (Å²) in [6, 6.07) is 22.3. The Hall–Kier alpha value is -3.64. The second-order valence-electron chi connectivity index (χ2n) is 8.68. The van der Waals surface area contributed by atoms with Crippen LogP contribution in [-0.2, 0) is 19.6 Å². The van der Waals surface area contributed by atoms with Gasteiger partial charge in [-0.1, -0.05) is 65.7 Å². The normalized spacial score (nSPS) is 13.1. The number of aromatic nitrogens is 1. The van der Waals surface area contributed by atoms with E-state index in [9.17, 15) is 13.2 Å². The molecule has 0 N–H and O–H groups in total. The zero-order valence-corrected chi connectivity index (χ0v) is 21.2. The van der Waals surface area contributed by atoms with Crippen molar-refractivity contribution in [2.24, 2.45) is 0 Å². The van der Waals surface area contributed by atoms with Crippen LogP contribution in [0.5, 0.6) is 0 Å². The van der Waals surface area contributed by atoms with Gasteiger partial charge in [0, 0.05) is 23.1 Å². The van der Waals surface area contributed by atoms with Crippen molar-refractivity contribution < 1.29 is 17.9 Å². The van der Waals surface area contributed by atoms with E-state index in [1.165, 1.54) is 3.97 Å². The van der Waals surface area contributed by atoms with Crippen molar-refractivity contribution in [2.75, 3.05) is 6.61 Å². The Morgan fingerprint density at radius 3 is 2.29 bits per heavy atom. The van der Waals surface area contributed by atoms with E-state index in [0.29, 0.717) is 11.1 Å². The van der Waals surface area contributed by atoms with E-state index in [1.807, 2.05) is 68.5 Å². The molecule has 1 heterocycles. The Bertz CT molecular complexity index is 1500. The molecule has 0 aliphatic heterocycles. The molecule has 6 heteroatoms. The molecule has 1 aromatic heterocycles. The second kappa shape index (κ2) is 9.92. The molecule has 35 heavy (non-hydrogen) atoms. The number of carbonyl (C=O) groups is 1. The fourth-order valence-corrected chi connectivity index (χ4v) is 5.58. The monoisotopic (exact) mass is 487 g/mol. The number of rotatable bonds is 7. The van der Waals surface area contributed by atoms with Crippen LogP contribution in [0.2, 0.25) is 0 Å². The highest BCUT2D eigenvalue weighted by molar-refractivity contribution is 7.90. The van der Waals surface area contributed by atoms with Gasteiger partial charge in [-0.15, -0.1) is 0 Å². The number of aryl methyl sites for hydroxylation is 2. The molecule has 3 aromatic carbocycles. The molecule has 0 spiro atoms. The van der Waals surface area contributed by atoms with Crippen molar-refractivity contribution in [2.45, 2.75) is 38.5 Å². The van der Waals surface area contributed by atoms with Crippen molar-refractivity contribution >= 4 is 26.9 Å². The third-order valence-electron chi connectivity index (χ3n) is 6.04.